The molecule has 4 aliphatic carbocycles. The maximum Gasteiger partial charge on any atom is 0.472 e. The fourth-order valence-electron chi connectivity index (χ4n) is 9.26. The van der Waals surface area contributed by atoms with Crippen molar-refractivity contribution in [3.05, 3.63) is 34.4 Å². The number of carbonyl (C=O) groups excluding carboxylic acids is 2. The summed E-state index contributed by atoms with van der Waals surface area (Å²) in [5, 5.41) is 20.8. The van der Waals surface area contributed by atoms with E-state index >= 15 is 0 Å². The first-order valence-corrected chi connectivity index (χ1v) is 17.0. The minimum absolute atomic E-state index is 0.0283. The van der Waals surface area contributed by atoms with E-state index in [9.17, 15) is 34.1 Å². The molecule has 4 fully saturated rings. The van der Waals surface area contributed by atoms with E-state index in [0.717, 1.165) is 43.1 Å². The molecule has 13 nitrogen and oxygen atoms in total. The maximum absolute atomic E-state index is 13.4. The maximum atomic E-state index is 13.4. The lowest BCUT2D eigenvalue weighted by Gasteiger charge is -2.58. The highest BCUT2D eigenvalue weighted by atomic mass is 31.2. The summed E-state index contributed by atoms with van der Waals surface area (Å²) in [7, 11) is -4.73. The molecule has 0 aromatic carbocycles. The molecule has 6 rings (SSSR count). The van der Waals surface area contributed by atoms with E-state index in [2.05, 4.69) is 18.8 Å². The van der Waals surface area contributed by atoms with Crippen LogP contribution in [0.3, 0.4) is 0 Å². The van der Waals surface area contributed by atoms with Gasteiger partial charge in [-0.25, -0.2) is 9.36 Å². The van der Waals surface area contributed by atoms with Gasteiger partial charge in [-0.05, 0) is 85.7 Å². The molecule has 1 aliphatic heterocycles. The Morgan fingerprint density at radius 3 is 2.64 bits per heavy atom. The van der Waals surface area contributed by atoms with Crippen molar-refractivity contribution in [3.8, 4) is 0 Å². The fourth-order valence-corrected chi connectivity index (χ4v) is 9.96. The Labute approximate surface area is 255 Å². The number of aromatic nitrogens is 2. The number of hydrogen-bond donors (Lipinski definition) is 4. The number of ketones is 2. The van der Waals surface area contributed by atoms with Crippen LogP contribution in [0.15, 0.2) is 28.7 Å². The largest absolute Gasteiger partial charge is 0.472 e. The summed E-state index contributed by atoms with van der Waals surface area (Å²) >= 11 is 0. The smallest absolute Gasteiger partial charge is 0.387 e. The van der Waals surface area contributed by atoms with E-state index in [1.165, 1.54) is 17.8 Å². The number of hydrogen-bond acceptors (Lipinski definition) is 11. The van der Waals surface area contributed by atoms with Crippen molar-refractivity contribution >= 4 is 25.2 Å². The van der Waals surface area contributed by atoms with Gasteiger partial charge in [-0.15, -0.1) is 0 Å². The second-order valence-corrected chi connectivity index (χ2v) is 15.2. The van der Waals surface area contributed by atoms with Crippen molar-refractivity contribution < 1.29 is 43.0 Å². The lowest BCUT2D eigenvalue weighted by molar-refractivity contribution is -0.133. The zero-order valence-corrected chi connectivity index (χ0v) is 25.9. The lowest BCUT2D eigenvalue weighted by atomic mass is 9.46. The van der Waals surface area contributed by atoms with Crippen LogP contribution in [-0.4, -0.2) is 67.7 Å². The number of phosphoric acid groups is 1. The Kier molecular flexibility index (Phi) is 8.31. The number of allylic oxidation sites excluding steroid dienone is 1. The molecule has 44 heavy (non-hydrogen) atoms. The Balaban J connectivity index is 1.04. The van der Waals surface area contributed by atoms with Gasteiger partial charge in [0.1, 0.15) is 30.7 Å². The summed E-state index contributed by atoms with van der Waals surface area (Å²) in [6.45, 7) is 3.27. The Hall–Kier alpha value is -2.25. The topological polar surface area (TPSA) is 200 Å². The van der Waals surface area contributed by atoms with Crippen LogP contribution in [0.4, 0.5) is 5.82 Å². The molecule has 0 spiro atoms. The second-order valence-electron chi connectivity index (χ2n) is 13.7. The number of nitrogens with two attached hydrogens (primary N) is 1. The van der Waals surface area contributed by atoms with Gasteiger partial charge < -0.3 is 25.6 Å². The number of ether oxygens (including phenoxy) is 1. The first kappa shape index (κ1) is 31.7. The number of phosphoric ester groups is 1. The van der Waals surface area contributed by atoms with E-state index in [-0.39, 0.29) is 34.1 Å². The van der Waals surface area contributed by atoms with Gasteiger partial charge in [0.15, 0.2) is 17.8 Å². The molecule has 11 atom stereocenters. The molecular formula is C30H42N3O10P. The van der Waals surface area contributed by atoms with Gasteiger partial charge in [0.2, 0.25) is 0 Å². The zero-order valence-electron chi connectivity index (χ0n) is 25.0. The Morgan fingerprint density at radius 2 is 1.89 bits per heavy atom. The van der Waals surface area contributed by atoms with E-state index in [0.29, 0.717) is 30.6 Å². The molecule has 242 valence electrons. The van der Waals surface area contributed by atoms with Crippen LogP contribution in [0.25, 0.3) is 0 Å². The second kappa shape index (κ2) is 11.5. The third-order valence-electron chi connectivity index (χ3n) is 11.6. The highest BCUT2D eigenvalue weighted by Crippen LogP contribution is 2.66. The van der Waals surface area contributed by atoms with Gasteiger partial charge in [-0.1, -0.05) is 19.4 Å². The van der Waals surface area contributed by atoms with Gasteiger partial charge >= 0.3 is 13.5 Å². The number of aliphatic hydroxyl groups is 2. The first-order chi connectivity index (χ1) is 20.7. The third kappa shape index (κ3) is 5.44. The van der Waals surface area contributed by atoms with Crippen molar-refractivity contribution in [2.45, 2.75) is 89.8 Å². The molecule has 5 N–H and O–H groups in total. The van der Waals surface area contributed by atoms with Crippen molar-refractivity contribution in [3.63, 3.8) is 0 Å². The van der Waals surface area contributed by atoms with E-state index in [1.807, 2.05) is 6.08 Å². The first-order valence-electron chi connectivity index (χ1n) is 15.5. The summed E-state index contributed by atoms with van der Waals surface area (Å²) in [6.07, 6.45) is 4.38. The number of nitrogen functional groups attached to an aromatic ring is 1. The third-order valence-corrected chi connectivity index (χ3v) is 12.5. The lowest BCUT2D eigenvalue weighted by Crippen LogP contribution is -2.51. The van der Waals surface area contributed by atoms with Crippen LogP contribution < -0.4 is 11.4 Å². The van der Waals surface area contributed by atoms with Crippen LogP contribution >= 0.6 is 7.82 Å². The highest BCUT2D eigenvalue weighted by molar-refractivity contribution is 7.47. The molecule has 3 saturated carbocycles. The molecule has 5 aliphatic rings. The van der Waals surface area contributed by atoms with E-state index < -0.39 is 51.3 Å². The molecule has 2 heterocycles. The summed E-state index contributed by atoms with van der Waals surface area (Å²) in [4.78, 5) is 51.6. The molecule has 1 aromatic heterocycles. The fraction of sp³-hybridized carbons (Fsp3) is 0.733. The van der Waals surface area contributed by atoms with Crippen LogP contribution in [0.1, 0.15) is 71.4 Å². The quantitative estimate of drug-likeness (QED) is 0.304. The Bertz CT molecular complexity index is 1460. The van der Waals surface area contributed by atoms with Crippen LogP contribution in [0.2, 0.25) is 0 Å². The minimum Gasteiger partial charge on any atom is -0.387 e. The number of fused-ring (bicyclic) bond motifs is 5. The zero-order chi connectivity index (χ0) is 31.6. The molecule has 11 unspecified atom stereocenters. The normalized spacial score (nSPS) is 41.3. The summed E-state index contributed by atoms with van der Waals surface area (Å²) in [6, 6.07) is 1.32. The molecular weight excluding hydrogens is 593 g/mol. The van der Waals surface area contributed by atoms with Gasteiger partial charge in [0.25, 0.3) is 0 Å². The van der Waals surface area contributed by atoms with E-state index in [4.69, 9.17) is 19.5 Å². The average Bonchev–Trinajstić information content (AvgIpc) is 3.47. The number of nitrogens with zero attached hydrogens (tertiary/aromatic N) is 2. The molecule has 14 heteroatoms. The van der Waals surface area contributed by atoms with Crippen molar-refractivity contribution in [1.82, 2.24) is 9.55 Å². The van der Waals surface area contributed by atoms with Crippen molar-refractivity contribution in [2.24, 2.45) is 34.5 Å². The number of aliphatic hydroxyl groups excluding tert-OH is 2. The SMILES string of the molecule is CC12CCC(=O)C=C1CCC1C2CCC2(C)C(C(=O)COP(=O)(O)OCC3OC(n4ccc(N)nc4=O)C(O)C3O)CCC12. The van der Waals surface area contributed by atoms with Gasteiger partial charge in [0.05, 0.1) is 6.61 Å². The molecule has 1 aromatic rings. The number of anilines is 1. The molecule has 0 bridgehead atoms. The standard InChI is InChI=1S/C30H42N3O10P/c1-29-10-7-17(34)13-16(29)3-4-18-19-5-6-21(30(19,2)11-8-20(18)29)22(35)14-41-44(39,40)42-15-23-25(36)26(37)27(43-23)33-12-9-24(31)32-28(33)38/h9,12-13,18-21,23,25-27,36-37H,3-8,10-11,14-15H2,1-2H3,(H,39,40)(H2,31,32,38). The number of carbonyl (C=O) groups is 2. The Morgan fingerprint density at radius 1 is 1.11 bits per heavy atom. The van der Waals surface area contributed by atoms with Gasteiger partial charge in [0, 0.05) is 18.5 Å². The van der Waals surface area contributed by atoms with Gasteiger partial charge in [-0.3, -0.25) is 23.2 Å². The van der Waals surface area contributed by atoms with Crippen LogP contribution in [-0.2, 0) is 27.9 Å². The monoisotopic (exact) mass is 635 g/mol. The predicted octanol–water partition coefficient (Wildman–Crippen LogP) is 2.30. The van der Waals surface area contributed by atoms with Crippen molar-refractivity contribution in [1.29, 1.82) is 0 Å². The average molecular weight is 636 g/mol. The summed E-state index contributed by atoms with van der Waals surface area (Å²) in [5.74, 6) is 1.01. The molecule has 0 radical (unpaired) electrons. The minimum atomic E-state index is -4.73. The van der Waals surface area contributed by atoms with E-state index in [1.54, 1.807) is 0 Å². The summed E-state index contributed by atoms with van der Waals surface area (Å²) in [5.41, 5.74) is 5.79. The predicted molar refractivity (Wildman–Crippen MR) is 156 cm³/mol. The van der Waals surface area contributed by atoms with Crippen molar-refractivity contribution in [2.75, 3.05) is 18.9 Å². The van der Waals surface area contributed by atoms with Gasteiger partial charge in [-0.2, -0.15) is 4.98 Å². The van der Waals surface area contributed by atoms with Crippen LogP contribution in [0.5, 0.6) is 0 Å². The molecule has 0 amide bonds. The number of rotatable bonds is 8. The summed E-state index contributed by atoms with van der Waals surface area (Å²) < 4.78 is 29.4. The highest BCUT2D eigenvalue weighted by Gasteiger charge is 2.60. The van der Waals surface area contributed by atoms with Crippen LogP contribution in [0, 0.1) is 34.5 Å². The molecule has 1 saturated heterocycles. The number of Topliss-reactive ketones (excluding diaryl/α,β-unsaturated/α-hetero) is 1.